The third kappa shape index (κ3) is 6.34. The fourth-order valence-electron chi connectivity index (χ4n) is 1.94. The van der Waals surface area contributed by atoms with Gasteiger partial charge in [-0.15, -0.1) is 0 Å². The summed E-state index contributed by atoms with van der Waals surface area (Å²) in [5.74, 6) is 0.733. The predicted molar refractivity (Wildman–Crippen MR) is 77.9 cm³/mol. The van der Waals surface area contributed by atoms with E-state index in [1.165, 1.54) is 5.56 Å². The molecule has 0 aromatic heterocycles. The Hall–Kier alpha value is -1.14. The van der Waals surface area contributed by atoms with E-state index in [9.17, 15) is 5.11 Å². The second kappa shape index (κ2) is 9.72. The van der Waals surface area contributed by atoms with E-state index in [0.717, 1.165) is 12.2 Å². The highest BCUT2D eigenvalue weighted by molar-refractivity contribution is 5.27. The molecule has 1 aromatic carbocycles. The van der Waals surface area contributed by atoms with Crippen LogP contribution in [0.1, 0.15) is 12.5 Å². The monoisotopic (exact) mass is 283 g/mol. The first kappa shape index (κ1) is 16.9. The third-order valence-electron chi connectivity index (χ3n) is 3.08. The Kier molecular flexibility index (Phi) is 8.22. The maximum absolute atomic E-state index is 9.91. The molecule has 0 aliphatic carbocycles. The van der Waals surface area contributed by atoms with Gasteiger partial charge < -0.3 is 20.1 Å². The molecule has 0 saturated heterocycles. The first-order valence-electron chi connectivity index (χ1n) is 7.03. The van der Waals surface area contributed by atoms with Crippen LogP contribution in [-0.4, -0.2) is 65.8 Å². The second-order valence-electron chi connectivity index (χ2n) is 4.71. The van der Waals surface area contributed by atoms with Crippen LogP contribution in [-0.2, 0) is 6.42 Å². The normalized spacial score (nSPS) is 12.7. The first-order valence-corrected chi connectivity index (χ1v) is 7.03. The molecule has 0 amide bonds. The van der Waals surface area contributed by atoms with Gasteiger partial charge >= 0.3 is 0 Å². The van der Waals surface area contributed by atoms with Crippen molar-refractivity contribution in [3.8, 4) is 5.75 Å². The molecule has 1 unspecified atom stereocenters. The molecule has 0 radical (unpaired) electrons. The van der Waals surface area contributed by atoms with Gasteiger partial charge in [-0.2, -0.15) is 0 Å². The smallest absolute Gasteiger partial charge is 0.119 e. The van der Waals surface area contributed by atoms with Gasteiger partial charge in [0.15, 0.2) is 0 Å². The van der Waals surface area contributed by atoms with Gasteiger partial charge in [-0.3, -0.25) is 4.90 Å². The lowest BCUT2D eigenvalue weighted by Gasteiger charge is -2.23. The Labute approximate surface area is 120 Å². The summed E-state index contributed by atoms with van der Waals surface area (Å²) < 4.78 is 5.52. The highest BCUT2D eigenvalue weighted by Gasteiger charge is 2.11. The molecule has 1 atom stereocenters. The van der Waals surface area contributed by atoms with E-state index in [4.69, 9.17) is 14.9 Å². The molecular formula is C15H25NO4. The molecule has 0 aliphatic rings. The van der Waals surface area contributed by atoms with E-state index in [1.807, 2.05) is 24.3 Å². The van der Waals surface area contributed by atoms with Crippen LogP contribution in [0.4, 0.5) is 0 Å². The van der Waals surface area contributed by atoms with Crippen molar-refractivity contribution in [2.24, 2.45) is 0 Å². The summed E-state index contributed by atoms with van der Waals surface area (Å²) in [7, 11) is 0. The Balaban J connectivity index is 2.35. The number of ether oxygens (including phenoxy) is 1. The number of hydrogen-bond acceptors (Lipinski definition) is 5. The van der Waals surface area contributed by atoms with Crippen molar-refractivity contribution in [2.75, 3.05) is 39.5 Å². The van der Waals surface area contributed by atoms with Crippen molar-refractivity contribution in [3.63, 3.8) is 0 Å². The minimum atomic E-state index is -0.654. The van der Waals surface area contributed by atoms with Crippen molar-refractivity contribution >= 4 is 0 Å². The summed E-state index contributed by atoms with van der Waals surface area (Å²) in [4.78, 5) is 1.80. The molecule has 20 heavy (non-hydrogen) atoms. The van der Waals surface area contributed by atoms with E-state index in [0.29, 0.717) is 19.6 Å². The fourth-order valence-corrected chi connectivity index (χ4v) is 1.94. The molecule has 0 heterocycles. The van der Waals surface area contributed by atoms with Crippen LogP contribution in [0.2, 0.25) is 0 Å². The Morgan fingerprint density at radius 3 is 2.20 bits per heavy atom. The molecule has 0 bridgehead atoms. The molecule has 1 aromatic rings. The van der Waals surface area contributed by atoms with Gasteiger partial charge in [0.05, 0.1) is 13.2 Å². The zero-order valence-electron chi connectivity index (χ0n) is 12.0. The van der Waals surface area contributed by atoms with E-state index in [2.05, 4.69) is 6.92 Å². The quantitative estimate of drug-likeness (QED) is 0.575. The number of aliphatic hydroxyl groups excluding tert-OH is 3. The standard InChI is InChI=1S/C15H25NO4/c1-2-13-3-5-15(6-4-13)20-12-14(19)11-16(7-9-17)8-10-18/h3-6,14,17-19H,2,7-12H2,1H3. The molecule has 3 N–H and O–H groups in total. The largest absolute Gasteiger partial charge is 0.491 e. The van der Waals surface area contributed by atoms with Gasteiger partial charge in [0, 0.05) is 19.6 Å². The summed E-state index contributed by atoms with van der Waals surface area (Å²) in [6.07, 6.45) is 0.333. The average molecular weight is 283 g/mol. The van der Waals surface area contributed by atoms with Crippen molar-refractivity contribution in [1.82, 2.24) is 4.90 Å². The lowest BCUT2D eigenvalue weighted by atomic mass is 10.2. The Morgan fingerprint density at radius 2 is 1.70 bits per heavy atom. The van der Waals surface area contributed by atoms with Crippen LogP contribution < -0.4 is 4.74 Å². The number of nitrogens with zero attached hydrogens (tertiary/aromatic N) is 1. The van der Waals surface area contributed by atoms with Gasteiger partial charge in [0.2, 0.25) is 0 Å². The lowest BCUT2D eigenvalue weighted by Crippen LogP contribution is -2.38. The second-order valence-corrected chi connectivity index (χ2v) is 4.71. The summed E-state index contributed by atoms with van der Waals surface area (Å²) in [6.45, 7) is 3.53. The fraction of sp³-hybridized carbons (Fsp3) is 0.600. The van der Waals surface area contributed by atoms with Crippen LogP contribution in [0.15, 0.2) is 24.3 Å². The molecular weight excluding hydrogens is 258 g/mol. The first-order chi connectivity index (χ1) is 9.69. The topological polar surface area (TPSA) is 73.2 Å². The average Bonchev–Trinajstić information content (AvgIpc) is 2.46. The zero-order valence-corrected chi connectivity index (χ0v) is 12.0. The van der Waals surface area contributed by atoms with Crippen LogP contribution in [0, 0.1) is 0 Å². The minimum absolute atomic E-state index is 0.00601. The lowest BCUT2D eigenvalue weighted by molar-refractivity contribution is 0.0552. The van der Waals surface area contributed by atoms with E-state index < -0.39 is 6.10 Å². The van der Waals surface area contributed by atoms with Gasteiger partial charge in [0.25, 0.3) is 0 Å². The maximum atomic E-state index is 9.91. The number of hydrogen-bond donors (Lipinski definition) is 3. The van der Waals surface area contributed by atoms with Crippen molar-refractivity contribution < 1.29 is 20.1 Å². The number of aryl methyl sites for hydroxylation is 1. The molecule has 0 fully saturated rings. The summed E-state index contributed by atoms with van der Waals surface area (Å²) in [5.41, 5.74) is 1.25. The SMILES string of the molecule is CCc1ccc(OCC(O)CN(CCO)CCO)cc1. The Morgan fingerprint density at radius 1 is 1.10 bits per heavy atom. The van der Waals surface area contributed by atoms with Gasteiger partial charge in [-0.05, 0) is 24.1 Å². The van der Waals surface area contributed by atoms with Crippen molar-refractivity contribution in [1.29, 1.82) is 0 Å². The predicted octanol–water partition coefficient (Wildman–Crippen LogP) is 0.275. The molecule has 114 valence electrons. The Bertz CT molecular complexity index is 349. The summed E-state index contributed by atoms with van der Waals surface area (Å²) in [6, 6.07) is 7.80. The molecule has 0 spiro atoms. The molecule has 0 aliphatic heterocycles. The zero-order chi connectivity index (χ0) is 14.8. The summed E-state index contributed by atoms with van der Waals surface area (Å²) >= 11 is 0. The molecule has 5 heteroatoms. The van der Waals surface area contributed by atoms with Crippen molar-refractivity contribution in [2.45, 2.75) is 19.4 Å². The van der Waals surface area contributed by atoms with Crippen LogP contribution in [0.25, 0.3) is 0 Å². The molecule has 1 rings (SSSR count). The number of benzene rings is 1. The van der Waals surface area contributed by atoms with E-state index in [-0.39, 0.29) is 19.8 Å². The molecule has 0 saturated carbocycles. The third-order valence-corrected chi connectivity index (χ3v) is 3.08. The molecule has 5 nitrogen and oxygen atoms in total. The highest BCUT2D eigenvalue weighted by Crippen LogP contribution is 2.12. The van der Waals surface area contributed by atoms with Gasteiger partial charge in [0.1, 0.15) is 18.5 Å². The van der Waals surface area contributed by atoms with Gasteiger partial charge in [-0.1, -0.05) is 19.1 Å². The highest BCUT2D eigenvalue weighted by atomic mass is 16.5. The van der Waals surface area contributed by atoms with E-state index >= 15 is 0 Å². The maximum Gasteiger partial charge on any atom is 0.119 e. The van der Waals surface area contributed by atoms with Gasteiger partial charge in [-0.25, -0.2) is 0 Å². The van der Waals surface area contributed by atoms with Crippen molar-refractivity contribution in [3.05, 3.63) is 29.8 Å². The van der Waals surface area contributed by atoms with Crippen LogP contribution >= 0.6 is 0 Å². The van der Waals surface area contributed by atoms with Crippen LogP contribution in [0.3, 0.4) is 0 Å². The number of aliphatic hydroxyl groups is 3. The number of rotatable bonds is 10. The van der Waals surface area contributed by atoms with E-state index in [1.54, 1.807) is 4.90 Å². The van der Waals surface area contributed by atoms with Crippen LogP contribution in [0.5, 0.6) is 5.75 Å². The summed E-state index contributed by atoms with van der Waals surface area (Å²) in [5, 5.41) is 27.7. The minimum Gasteiger partial charge on any atom is -0.491 e.